The topological polar surface area (TPSA) is 61.8 Å². The predicted octanol–water partition coefficient (Wildman–Crippen LogP) is 1.46. The van der Waals surface area contributed by atoms with Gasteiger partial charge in [-0.1, -0.05) is 0 Å². The molecule has 5 heteroatoms. The van der Waals surface area contributed by atoms with Crippen LogP contribution in [0.4, 0.5) is 0 Å². The van der Waals surface area contributed by atoms with E-state index in [0.717, 1.165) is 6.29 Å². The molecular formula is C13H16O5. The van der Waals surface area contributed by atoms with Crippen molar-refractivity contribution in [3.8, 4) is 5.75 Å². The number of rotatable bonds is 8. The number of hydrogen-bond donors (Lipinski definition) is 0. The quantitative estimate of drug-likeness (QED) is 0.398. The molecule has 1 rings (SSSR count). The maximum absolute atomic E-state index is 10.8. The summed E-state index contributed by atoms with van der Waals surface area (Å²) in [7, 11) is 1.34. The lowest BCUT2D eigenvalue weighted by atomic mass is 10.2. The van der Waals surface area contributed by atoms with Gasteiger partial charge >= 0.3 is 5.97 Å². The number of carbonyl (C=O) groups is 2. The second kappa shape index (κ2) is 8.25. The second-order valence-corrected chi connectivity index (χ2v) is 3.47. The van der Waals surface area contributed by atoms with Crippen LogP contribution in [-0.4, -0.2) is 39.2 Å². The number of hydrogen-bond acceptors (Lipinski definition) is 5. The first-order valence-corrected chi connectivity index (χ1v) is 5.59. The highest BCUT2D eigenvalue weighted by molar-refractivity contribution is 5.74. The van der Waals surface area contributed by atoms with Crippen LogP contribution in [0.2, 0.25) is 0 Å². The molecular weight excluding hydrogens is 236 g/mol. The van der Waals surface area contributed by atoms with Gasteiger partial charge in [0.25, 0.3) is 0 Å². The lowest BCUT2D eigenvalue weighted by Crippen LogP contribution is -2.10. The van der Waals surface area contributed by atoms with Crippen molar-refractivity contribution in [2.45, 2.75) is 6.42 Å². The van der Waals surface area contributed by atoms with Gasteiger partial charge in [-0.05, 0) is 24.3 Å². The molecule has 0 aliphatic carbocycles. The second-order valence-electron chi connectivity index (χ2n) is 3.47. The number of methoxy groups -OCH3 is 1. The third-order valence-corrected chi connectivity index (χ3v) is 2.19. The Balaban J connectivity index is 2.10. The molecule has 0 atom stereocenters. The minimum absolute atomic E-state index is 0.241. The van der Waals surface area contributed by atoms with E-state index in [4.69, 9.17) is 9.47 Å². The summed E-state index contributed by atoms with van der Waals surface area (Å²) in [5.41, 5.74) is 0.608. The van der Waals surface area contributed by atoms with Crippen LogP contribution in [0.5, 0.6) is 5.75 Å². The normalized spacial score (nSPS) is 9.83. The minimum atomic E-state index is -0.291. The van der Waals surface area contributed by atoms with Gasteiger partial charge in [0.15, 0.2) is 0 Å². The van der Waals surface area contributed by atoms with Crippen molar-refractivity contribution in [2.75, 3.05) is 26.9 Å². The molecule has 1 aromatic rings. The third kappa shape index (κ3) is 5.45. The summed E-state index contributed by atoms with van der Waals surface area (Å²) >= 11 is 0. The van der Waals surface area contributed by atoms with E-state index in [9.17, 15) is 9.59 Å². The van der Waals surface area contributed by atoms with Crippen LogP contribution < -0.4 is 4.74 Å². The molecule has 0 saturated heterocycles. The van der Waals surface area contributed by atoms with Crippen molar-refractivity contribution in [3.63, 3.8) is 0 Å². The number of esters is 1. The van der Waals surface area contributed by atoms with E-state index in [2.05, 4.69) is 4.74 Å². The molecule has 0 N–H and O–H groups in total. The average Bonchev–Trinajstić information content (AvgIpc) is 2.43. The van der Waals surface area contributed by atoms with Gasteiger partial charge in [0.05, 0.1) is 26.7 Å². The highest BCUT2D eigenvalue weighted by Crippen LogP contribution is 2.10. The van der Waals surface area contributed by atoms with Crippen LogP contribution in [0.3, 0.4) is 0 Å². The van der Waals surface area contributed by atoms with Crippen LogP contribution in [0.1, 0.15) is 16.8 Å². The lowest BCUT2D eigenvalue weighted by Gasteiger charge is -2.06. The summed E-state index contributed by atoms with van der Waals surface area (Å²) in [6, 6.07) is 6.80. The van der Waals surface area contributed by atoms with Crippen molar-refractivity contribution in [1.82, 2.24) is 0 Å². The average molecular weight is 252 g/mol. The molecule has 5 nitrogen and oxygen atoms in total. The molecule has 0 bridgehead atoms. The van der Waals surface area contributed by atoms with Gasteiger partial charge < -0.3 is 14.2 Å². The fraction of sp³-hybridized carbons (Fsp3) is 0.385. The zero-order valence-electron chi connectivity index (χ0n) is 10.3. The number of carbonyl (C=O) groups excluding carboxylic acids is 2. The molecule has 0 spiro atoms. The fourth-order valence-electron chi connectivity index (χ4n) is 1.22. The molecule has 98 valence electrons. The first-order chi connectivity index (χ1) is 8.76. The third-order valence-electron chi connectivity index (χ3n) is 2.19. The molecule has 0 aliphatic heterocycles. The summed E-state index contributed by atoms with van der Waals surface area (Å²) in [4.78, 5) is 21.2. The summed E-state index contributed by atoms with van der Waals surface area (Å²) in [6.45, 7) is 1.11. The molecule has 0 saturated carbocycles. The Morgan fingerprint density at radius 2 is 1.89 bits per heavy atom. The van der Waals surface area contributed by atoms with Crippen LogP contribution in [0, 0.1) is 0 Å². The Bertz CT molecular complexity index is 371. The van der Waals surface area contributed by atoms with E-state index in [1.165, 1.54) is 7.11 Å². The Morgan fingerprint density at radius 3 is 2.50 bits per heavy atom. The largest absolute Gasteiger partial charge is 0.491 e. The molecule has 18 heavy (non-hydrogen) atoms. The maximum Gasteiger partial charge on any atom is 0.307 e. The molecule has 0 aromatic heterocycles. The summed E-state index contributed by atoms with van der Waals surface area (Å²) < 4.78 is 15.0. The van der Waals surface area contributed by atoms with Gasteiger partial charge in [-0.3, -0.25) is 9.59 Å². The predicted molar refractivity (Wildman–Crippen MR) is 64.8 cm³/mol. The Kier molecular flexibility index (Phi) is 6.50. The fourth-order valence-corrected chi connectivity index (χ4v) is 1.22. The number of benzene rings is 1. The first kappa shape index (κ1) is 14.2. The molecule has 0 heterocycles. The van der Waals surface area contributed by atoms with Gasteiger partial charge in [0.1, 0.15) is 18.6 Å². The summed E-state index contributed by atoms with van der Waals surface area (Å²) in [5.74, 6) is 0.387. The zero-order chi connectivity index (χ0) is 13.2. The maximum atomic E-state index is 10.8. The van der Waals surface area contributed by atoms with E-state index < -0.39 is 0 Å². The smallest absolute Gasteiger partial charge is 0.307 e. The van der Waals surface area contributed by atoms with Crippen molar-refractivity contribution >= 4 is 12.3 Å². The molecule has 0 unspecified atom stereocenters. The highest BCUT2D eigenvalue weighted by Gasteiger charge is 1.99. The van der Waals surface area contributed by atoms with Crippen LogP contribution >= 0.6 is 0 Å². The van der Waals surface area contributed by atoms with E-state index in [1.54, 1.807) is 24.3 Å². The van der Waals surface area contributed by atoms with Gasteiger partial charge in [-0.25, -0.2) is 0 Å². The molecule has 1 aromatic carbocycles. The Hall–Kier alpha value is -1.88. The highest BCUT2D eigenvalue weighted by atomic mass is 16.5. The molecule has 0 aliphatic rings. The SMILES string of the molecule is COC(=O)CCOCCOc1ccc(C=O)cc1. The van der Waals surface area contributed by atoms with Gasteiger partial charge in [-0.15, -0.1) is 0 Å². The zero-order valence-corrected chi connectivity index (χ0v) is 10.3. The van der Waals surface area contributed by atoms with Gasteiger partial charge in [0.2, 0.25) is 0 Å². The summed E-state index contributed by atoms with van der Waals surface area (Å²) in [6.07, 6.45) is 1.02. The number of aldehydes is 1. The van der Waals surface area contributed by atoms with Crippen molar-refractivity contribution in [2.24, 2.45) is 0 Å². The summed E-state index contributed by atoms with van der Waals surface area (Å²) in [5, 5.41) is 0. The first-order valence-electron chi connectivity index (χ1n) is 5.59. The standard InChI is InChI=1S/C13H16O5/c1-16-13(15)6-7-17-8-9-18-12-4-2-11(10-14)3-5-12/h2-5,10H,6-9H2,1H3. The van der Waals surface area contributed by atoms with Crippen molar-refractivity contribution < 1.29 is 23.8 Å². The van der Waals surface area contributed by atoms with Gasteiger partial charge in [0, 0.05) is 5.56 Å². The lowest BCUT2D eigenvalue weighted by molar-refractivity contribution is -0.141. The van der Waals surface area contributed by atoms with E-state index in [0.29, 0.717) is 31.1 Å². The Labute approximate surface area is 106 Å². The van der Waals surface area contributed by atoms with E-state index in [-0.39, 0.29) is 12.4 Å². The molecule has 0 fully saturated rings. The van der Waals surface area contributed by atoms with Crippen molar-refractivity contribution in [1.29, 1.82) is 0 Å². The van der Waals surface area contributed by atoms with Crippen molar-refractivity contribution in [3.05, 3.63) is 29.8 Å². The van der Waals surface area contributed by atoms with Crippen LogP contribution in [-0.2, 0) is 14.3 Å². The molecule has 0 radical (unpaired) electrons. The van der Waals surface area contributed by atoms with Gasteiger partial charge in [-0.2, -0.15) is 0 Å². The minimum Gasteiger partial charge on any atom is -0.491 e. The Morgan fingerprint density at radius 1 is 1.17 bits per heavy atom. The van der Waals surface area contributed by atoms with Crippen LogP contribution in [0.15, 0.2) is 24.3 Å². The number of ether oxygens (including phenoxy) is 3. The van der Waals surface area contributed by atoms with E-state index in [1.807, 2.05) is 0 Å². The molecule has 0 amide bonds. The monoisotopic (exact) mass is 252 g/mol. The van der Waals surface area contributed by atoms with E-state index >= 15 is 0 Å². The van der Waals surface area contributed by atoms with Crippen LogP contribution in [0.25, 0.3) is 0 Å².